The van der Waals surface area contributed by atoms with Crippen LogP contribution in [-0.2, 0) is 12.8 Å². The Morgan fingerprint density at radius 3 is 2.67 bits per heavy atom. The zero-order chi connectivity index (χ0) is 14.9. The molecule has 2 rings (SSSR count). The number of nitrogens with one attached hydrogen (secondary N) is 1. The van der Waals surface area contributed by atoms with Gasteiger partial charge in [0.2, 0.25) is 5.88 Å². The monoisotopic (exact) mass is 286 g/mol. The van der Waals surface area contributed by atoms with Gasteiger partial charge in [0, 0.05) is 0 Å². The lowest BCUT2D eigenvalue weighted by Crippen LogP contribution is -2.13. The molecule has 2 aromatic rings. The van der Waals surface area contributed by atoms with Crippen LogP contribution in [-0.4, -0.2) is 16.6 Å². The Hall–Kier alpha value is -2.14. The average molecular weight is 286 g/mol. The van der Waals surface area contributed by atoms with Crippen LogP contribution < -0.4 is 16.0 Å². The average Bonchev–Trinajstić information content (AvgIpc) is 2.54. The fourth-order valence-corrected chi connectivity index (χ4v) is 2.21. The maximum absolute atomic E-state index is 5.81. The number of rotatable bonds is 8. The first-order valence-corrected chi connectivity index (χ1v) is 7.32. The molecule has 0 aliphatic rings. The first kappa shape index (κ1) is 15.3. The van der Waals surface area contributed by atoms with E-state index in [0.29, 0.717) is 18.3 Å². The summed E-state index contributed by atoms with van der Waals surface area (Å²) in [7, 11) is 0. The van der Waals surface area contributed by atoms with Crippen molar-refractivity contribution < 1.29 is 4.74 Å². The number of aryl methyl sites for hydroxylation is 1. The number of hydrogen-bond donors (Lipinski definition) is 2. The van der Waals surface area contributed by atoms with Gasteiger partial charge in [-0.25, -0.2) is 15.8 Å². The topological polar surface area (TPSA) is 73.1 Å². The maximum Gasteiger partial charge on any atom is 0.221 e. The summed E-state index contributed by atoms with van der Waals surface area (Å²) >= 11 is 0. The highest BCUT2D eigenvalue weighted by molar-refractivity contribution is 5.47. The molecule has 1 heterocycles. The van der Waals surface area contributed by atoms with Crippen LogP contribution in [0.3, 0.4) is 0 Å². The molecule has 3 N–H and O–H groups in total. The number of nitrogen functional groups attached to an aromatic ring is 1. The predicted octanol–water partition coefficient (Wildman–Crippen LogP) is 2.73. The van der Waals surface area contributed by atoms with Crippen molar-refractivity contribution in [1.82, 2.24) is 9.97 Å². The Labute approximate surface area is 125 Å². The largest absolute Gasteiger partial charge is 0.477 e. The van der Waals surface area contributed by atoms with Crippen molar-refractivity contribution in [2.75, 3.05) is 12.0 Å². The van der Waals surface area contributed by atoms with Crippen LogP contribution in [0.2, 0.25) is 0 Å². The highest BCUT2D eigenvalue weighted by Crippen LogP contribution is 2.23. The molecule has 0 amide bonds. The smallest absolute Gasteiger partial charge is 0.221 e. The van der Waals surface area contributed by atoms with Crippen molar-refractivity contribution >= 4 is 5.82 Å². The molecule has 112 valence electrons. The Balaban J connectivity index is 1.90. The lowest BCUT2D eigenvalue weighted by molar-refractivity contribution is 0.295. The van der Waals surface area contributed by atoms with Crippen LogP contribution in [0.15, 0.2) is 36.7 Å². The first-order chi connectivity index (χ1) is 10.3. The number of aromatic nitrogens is 2. The van der Waals surface area contributed by atoms with E-state index in [1.54, 1.807) is 0 Å². The number of nitrogens with zero attached hydrogens (tertiary/aromatic N) is 2. The highest BCUT2D eigenvalue weighted by Gasteiger charge is 2.11. The second-order valence-electron chi connectivity index (χ2n) is 4.84. The van der Waals surface area contributed by atoms with Crippen LogP contribution in [0.5, 0.6) is 5.88 Å². The van der Waals surface area contributed by atoms with E-state index < -0.39 is 0 Å². The Bertz CT molecular complexity index is 545. The minimum Gasteiger partial charge on any atom is -0.477 e. The van der Waals surface area contributed by atoms with E-state index in [9.17, 15) is 0 Å². The molecule has 0 radical (unpaired) electrons. The highest BCUT2D eigenvalue weighted by atomic mass is 16.5. The molecule has 0 unspecified atom stereocenters. The molecule has 0 aliphatic carbocycles. The summed E-state index contributed by atoms with van der Waals surface area (Å²) in [5.74, 6) is 6.76. The Morgan fingerprint density at radius 2 is 1.95 bits per heavy atom. The summed E-state index contributed by atoms with van der Waals surface area (Å²) in [6, 6.07) is 10.4. The van der Waals surface area contributed by atoms with Gasteiger partial charge in [0.25, 0.3) is 0 Å². The van der Waals surface area contributed by atoms with Gasteiger partial charge in [0.1, 0.15) is 12.1 Å². The minimum absolute atomic E-state index is 0.632. The molecule has 1 aromatic carbocycles. The number of benzene rings is 1. The van der Waals surface area contributed by atoms with E-state index in [1.165, 1.54) is 11.9 Å². The molecule has 1 aromatic heterocycles. The van der Waals surface area contributed by atoms with Gasteiger partial charge >= 0.3 is 0 Å². The zero-order valence-electron chi connectivity index (χ0n) is 12.4. The standard InChI is InChI=1S/C16H22N4O/c1-2-7-14-15(20-17)18-12-19-16(14)21-11-6-10-13-8-4-3-5-9-13/h3-5,8-9,12H,2,6-7,10-11,17H2,1H3,(H,18,19,20). The third-order valence-electron chi connectivity index (χ3n) is 3.23. The van der Waals surface area contributed by atoms with Crippen LogP contribution in [0, 0.1) is 0 Å². The lowest BCUT2D eigenvalue weighted by Gasteiger charge is -2.12. The Kier molecular flexibility index (Phi) is 5.97. The fraction of sp³-hybridized carbons (Fsp3) is 0.375. The summed E-state index contributed by atoms with van der Waals surface area (Å²) < 4.78 is 5.81. The number of ether oxygens (including phenoxy) is 1. The molecular weight excluding hydrogens is 264 g/mol. The van der Waals surface area contributed by atoms with Crippen molar-refractivity contribution in [2.45, 2.75) is 32.6 Å². The van der Waals surface area contributed by atoms with Crippen LogP contribution in [0.4, 0.5) is 5.82 Å². The van der Waals surface area contributed by atoms with E-state index in [4.69, 9.17) is 10.6 Å². The van der Waals surface area contributed by atoms with Crippen molar-refractivity contribution in [3.05, 3.63) is 47.8 Å². The summed E-state index contributed by atoms with van der Waals surface area (Å²) in [6.07, 6.45) is 5.25. The van der Waals surface area contributed by atoms with E-state index in [2.05, 4.69) is 46.6 Å². The first-order valence-electron chi connectivity index (χ1n) is 7.32. The van der Waals surface area contributed by atoms with Gasteiger partial charge in [-0.1, -0.05) is 43.7 Å². The number of nitrogens with two attached hydrogens (primary N) is 1. The molecule has 5 heteroatoms. The van der Waals surface area contributed by atoms with E-state index in [0.717, 1.165) is 31.2 Å². The van der Waals surface area contributed by atoms with Gasteiger partial charge in [-0.15, -0.1) is 0 Å². The molecule has 0 fully saturated rings. The van der Waals surface area contributed by atoms with E-state index >= 15 is 0 Å². The Morgan fingerprint density at radius 1 is 1.14 bits per heavy atom. The second-order valence-corrected chi connectivity index (χ2v) is 4.84. The van der Waals surface area contributed by atoms with Gasteiger partial charge < -0.3 is 10.2 Å². The quantitative estimate of drug-likeness (QED) is 0.443. The molecule has 0 saturated carbocycles. The van der Waals surface area contributed by atoms with Crippen LogP contribution >= 0.6 is 0 Å². The summed E-state index contributed by atoms with van der Waals surface area (Å²) in [5, 5.41) is 0. The van der Waals surface area contributed by atoms with Crippen molar-refractivity contribution in [3.63, 3.8) is 0 Å². The zero-order valence-corrected chi connectivity index (χ0v) is 12.4. The van der Waals surface area contributed by atoms with E-state index in [1.807, 2.05) is 6.07 Å². The SMILES string of the molecule is CCCc1c(NN)ncnc1OCCCc1ccccc1. The van der Waals surface area contributed by atoms with Crippen LogP contribution in [0.1, 0.15) is 30.9 Å². The molecule has 0 aliphatic heterocycles. The molecule has 0 bridgehead atoms. The molecule has 0 saturated heterocycles. The van der Waals surface area contributed by atoms with Gasteiger partial charge in [-0.3, -0.25) is 0 Å². The van der Waals surface area contributed by atoms with Crippen molar-refractivity contribution in [1.29, 1.82) is 0 Å². The van der Waals surface area contributed by atoms with Crippen molar-refractivity contribution in [3.8, 4) is 5.88 Å². The molecule has 0 spiro atoms. The maximum atomic E-state index is 5.81. The summed E-state index contributed by atoms with van der Waals surface area (Å²) in [4.78, 5) is 8.35. The van der Waals surface area contributed by atoms with E-state index in [-0.39, 0.29) is 0 Å². The van der Waals surface area contributed by atoms with Gasteiger partial charge in [0.15, 0.2) is 0 Å². The number of hydrogen-bond acceptors (Lipinski definition) is 5. The minimum atomic E-state index is 0.632. The third kappa shape index (κ3) is 4.43. The number of anilines is 1. The summed E-state index contributed by atoms with van der Waals surface area (Å²) in [6.45, 7) is 2.74. The number of hydrazine groups is 1. The third-order valence-corrected chi connectivity index (χ3v) is 3.23. The molecule has 0 atom stereocenters. The molecular formula is C16H22N4O. The normalized spacial score (nSPS) is 10.4. The predicted molar refractivity (Wildman–Crippen MR) is 84.1 cm³/mol. The van der Waals surface area contributed by atoms with Crippen molar-refractivity contribution in [2.24, 2.45) is 5.84 Å². The van der Waals surface area contributed by atoms with Crippen LogP contribution in [0.25, 0.3) is 0 Å². The van der Waals surface area contributed by atoms with Gasteiger partial charge in [-0.2, -0.15) is 0 Å². The molecule has 21 heavy (non-hydrogen) atoms. The fourth-order valence-electron chi connectivity index (χ4n) is 2.21. The van der Waals surface area contributed by atoms with Gasteiger partial charge in [0.05, 0.1) is 12.2 Å². The second kappa shape index (κ2) is 8.21. The lowest BCUT2D eigenvalue weighted by atomic mass is 10.1. The van der Waals surface area contributed by atoms with Gasteiger partial charge in [-0.05, 0) is 24.8 Å². The molecule has 5 nitrogen and oxygen atoms in total. The summed E-state index contributed by atoms with van der Waals surface area (Å²) in [5.41, 5.74) is 4.87.